The van der Waals surface area contributed by atoms with Crippen molar-refractivity contribution in [2.24, 2.45) is 0 Å². The molecule has 37 heavy (non-hydrogen) atoms. The van der Waals surface area contributed by atoms with Gasteiger partial charge in [-0.1, -0.05) is 30.3 Å². The molecule has 1 saturated heterocycles. The number of oxazole rings is 1. The highest BCUT2D eigenvalue weighted by molar-refractivity contribution is 6.00. The van der Waals surface area contributed by atoms with Gasteiger partial charge in [-0.05, 0) is 42.0 Å². The van der Waals surface area contributed by atoms with Gasteiger partial charge >= 0.3 is 0 Å². The van der Waals surface area contributed by atoms with Crippen LogP contribution < -0.4 is 14.2 Å². The number of hydrogen-bond donors (Lipinski definition) is 0. The van der Waals surface area contributed by atoms with Gasteiger partial charge in [0.25, 0.3) is 5.91 Å². The van der Waals surface area contributed by atoms with Crippen LogP contribution >= 0.6 is 0 Å². The minimum atomic E-state index is -0.0144. The van der Waals surface area contributed by atoms with Gasteiger partial charge in [0.05, 0.1) is 18.9 Å². The molecule has 188 valence electrons. The summed E-state index contributed by atoms with van der Waals surface area (Å²) >= 11 is 0. The van der Waals surface area contributed by atoms with Crippen LogP contribution in [0.4, 0.5) is 0 Å². The molecule has 0 unspecified atom stereocenters. The van der Waals surface area contributed by atoms with E-state index in [-0.39, 0.29) is 12.7 Å². The van der Waals surface area contributed by atoms with Crippen LogP contribution in [0.5, 0.6) is 17.2 Å². The SMILES string of the molecule is COc1cccc(-c2cnc(-c3ccccc3C(=O)N3CCN(Cc4ccc5c(c4)OCO5)CC3)o2)c1. The largest absolute Gasteiger partial charge is 0.497 e. The molecule has 4 aromatic rings. The molecule has 0 aliphatic carbocycles. The lowest BCUT2D eigenvalue weighted by Gasteiger charge is -2.35. The van der Waals surface area contributed by atoms with Crippen molar-refractivity contribution in [3.63, 3.8) is 0 Å². The first kappa shape index (κ1) is 23.1. The van der Waals surface area contributed by atoms with E-state index in [1.54, 1.807) is 13.3 Å². The average molecular weight is 498 g/mol. The molecule has 0 bridgehead atoms. The lowest BCUT2D eigenvalue weighted by Crippen LogP contribution is -2.48. The van der Waals surface area contributed by atoms with E-state index in [2.05, 4.69) is 16.0 Å². The minimum Gasteiger partial charge on any atom is -0.497 e. The molecule has 0 spiro atoms. The molecular formula is C29H27N3O5. The number of methoxy groups -OCH3 is 1. The third-order valence-corrected chi connectivity index (χ3v) is 6.75. The first-order valence-corrected chi connectivity index (χ1v) is 12.3. The molecule has 0 atom stereocenters. The molecule has 6 rings (SSSR count). The van der Waals surface area contributed by atoms with Gasteiger partial charge in [0.2, 0.25) is 12.7 Å². The Hall–Kier alpha value is -4.30. The van der Waals surface area contributed by atoms with Gasteiger partial charge in [-0.15, -0.1) is 0 Å². The Labute approximate surface area is 215 Å². The summed E-state index contributed by atoms with van der Waals surface area (Å²) in [5.41, 5.74) is 3.31. The molecule has 2 aliphatic heterocycles. The van der Waals surface area contributed by atoms with Crippen LogP contribution in [0.2, 0.25) is 0 Å². The molecule has 3 aromatic carbocycles. The maximum Gasteiger partial charge on any atom is 0.254 e. The molecule has 1 amide bonds. The Morgan fingerprint density at radius 2 is 1.78 bits per heavy atom. The summed E-state index contributed by atoms with van der Waals surface area (Å²) in [6.45, 7) is 3.97. The smallest absolute Gasteiger partial charge is 0.254 e. The molecule has 1 aromatic heterocycles. The lowest BCUT2D eigenvalue weighted by atomic mass is 10.1. The molecule has 8 nitrogen and oxygen atoms in total. The fourth-order valence-corrected chi connectivity index (χ4v) is 4.74. The van der Waals surface area contributed by atoms with Crippen LogP contribution in [0, 0.1) is 0 Å². The van der Waals surface area contributed by atoms with Crippen molar-refractivity contribution in [2.75, 3.05) is 40.1 Å². The van der Waals surface area contributed by atoms with Crippen molar-refractivity contribution in [3.05, 3.63) is 84.1 Å². The quantitative estimate of drug-likeness (QED) is 0.382. The molecule has 1 fully saturated rings. The van der Waals surface area contributed by atoms with E-state index in [9.17, 15) is 4.79 Å². The predicted molar refractivity (Wildman–Crippen MR) is 138 cm³/mol. The fourth-order valence-electron chi connectivity index (χ4n) is 4.74. The second-order valence-corrected chi connectivity index (χ2v) is 9.06. The molecular weight excluding hydrogens is 470 g/mol. The number of fused-ring (bicyclic) bond motifs is 1. The summed E-state index contributed by atoms with van der Waals surface area (Å²) in [5, 5.41) is 0. The monoisotopic (exact) mass is 497 g/mol. The summed E-state index contributed by atoms with van der Waals surface area (Å²) in [6.07, 6.45) is 1.68. The Morgan fingerprint density at radius 1 is 0.946 bits per heavy atom. The van der Waals surface area contributed by atoms with E-state index in [0.717, 1.165) is 42.4 Å². The van der Waals surface area contributed by atoms with Crippen molar-refractivity contribution in [1.29, 1.82) is 0 Å². The lowest BCUT2D eigenvalue weighted by molar-refractivity contribution is 0.0629. The number of aromatic nitrogens is 1. The van der Waals surface area contributed by atoms with Gasteiger partial charge in [0, 0.05) is 43.9 Å². The van der Waals surface area contributed by atoms with E-state index >= 15 is 0 Å². The normalized spacial score (nSPS) is 15.1. The molecule has 0 saturated carbocycles. The van der Waals surface area contributed by atoms with Gasteiger partial charge in [-0.2, -0.15) is 0 Å². The highest BCUT2D eigenvalue weighted by Gasteiger charge is 2.26. The van der Waals surface area contributed by atoms with Crippen molar-refractivity contribution < 1.29 is 23.4 Å². The second-order valence-electron chi connectivity index (χ2n) is 9.06. The van der Waals surface area contributed by atoms with Crippen molar-refractivity contribution >= 4 is 5.91 Å². The van der Waals surface area contributed by atoms with Gasteiger partial charge in [0.1, 0.15) is 5.75 Å². The van der Waals surface area contributed by atoms with E-state index in [1.165, 1.54) is 5.56 Å². The number of carbonyl (C=O) groups excluding carboxylic acids is 1. The summed E-state index contributed by atoms with van der Waals surface area (Å²) in [7, 11) is 1.63. The molecule has 3 heterocycles. The van der Waals surface area contributed by atoms with Crippen LogP contribution in [0.1, 0.15) is 15.9 Å². The highest BCUT2D eigenvalue weighted by Crippen LogP contribution is 2.33. The molecule has 0 radical (unpaired) electrons. The number of hydrogen-bond acceptors (Lipinski definition) is 7. The van der Waals surface area contributed by atoms with Crippen LogP contribution in [-0.2, 0) is 6.54 Å². The number of benzene rings is 3. The van der Waals surface area contributed by atoms with Crippen molar-refractivity contribution in [3.8, 4) is 40.0 Å². The first-order valence-electron chi connectivity index (χ1n) is 12.3. The summed E-state index contributed by atoms with van der Waals surface area (Å²) in [5.74, 6) is 3.35. The Morgan fingerprint density at radius 3 is 2.65 bits per heavy atom. The van der Waals surface area contributed by atoms with Gasteiger partial charge in [-0.3, -0.25) is 9.69 Å². The fraction of sp³-hybridized carbons (Fsp3) is 0.241. The highest BCUT2D eigenvalue weighted by atomic mass is 16.7. The predicted octanol–water partition coefficient (Wildman–Crippen LogP) is 4.70. The topological polar surface area (TPSA) is 77.3 Å². The second kappa shape index (κ2) is 9.99. The van der Waals surface area contributed by atoms with Crippen molar-refractivity contribution in [1.82, 2.24) is 14.8 Å². The number of ether oxygens (including phenoxy) is 3. The average Bonchev–Trinajstić information content (AvgIpc) is 3.63. The standard InChI is InChI=1S/C29H27N3O5/c1-34-22-6-4-5-21(16-22)27-17-30-28(37-27)23-7-2-3-8-24(23)29(33)32-13-11-31(12-14-32)18-20-9-10-25-26(15-20)36-19-35-25/h2-10,15-17H,11-14,18-19H2,1H3. The van der Waals surface area contributed by atoms with Gasteiger partial charge in [-0.25, -0.2) is 4.98 Å². The zero-order chi connectivity index (χ0) is 25.2. The van der Waals surface area contributed by atoms with Crippen LogP contribution in [0.15, 0.2) is 77.3 Å². The first-order chi connectivity index (χ1) is 18.2. The van der Waals surface area contributed by atoms with Crippen LogP contribution in [-0.4, -0.2) is 60.8 Å². The maximum absolute atomic E-state index is 13.5. The number of amides is 1. The summed E-state index contributed by atoms with van der Waals surface area (Å²) in [4.78, 5) is 22.3. The molecule has 8 heteroatoms. The number of carbonyl (C=O) groups is 1. The number of nitrogens with zero attached hydrogens (tertiary/aromatic N) is 3. The molecule has 0 N–H and O–H groups in total. The van der Waals surface area contributed by atoms with Crippen LogP contribution in [0.3, 0.4) is 0 Å². The third kappa shape index (κ3) is 4.75. The number of rotatable bonds is 6. The van der Waals surface area contributed by atoms with E-state index < -0.39 is 0 Å². The van der Waals surface area contributed by atoms with Crippen LogP contribution in [0.25, 0.3) is 22.8 Å². The van der Waals surface area contributed by atoms with Gasteiger partial charge in [0.15, 0.2) is 17.3 Å². The minimum absolute atomic E-state index is 0.0144. The van der Waals surface area contributed by atoms with E-state index in [1.807, 2.05) is 65.6 Å². The maximum atomic E-state index is 13.5. The van der Waals surface area contributed by atoms with Gasteiger partial charge < -0.3 is 23.5 Å². The Balaban J connectivity index is 1.14. The Bertz CT molecular complexity index is 1420. The van der Waals surface area contributed by atoms with E-state index in [0.29, 0.717) is 35.9 Å². The summed E-state index contributed by atoms with van der Waals surface area (Å²) < 4.78 is 22.3. The zero-order valence-corrected chi connectivity index (χ0v) is 20.6. The Kier molecular flexibility index (Phi) is 6.24. The van der Waals surface area contributed by atoms with E-state index in [4.69, 9.17) is 18.6 Å². The summed E-state index contributed by atoms with van der Waals surface area (Å²) in [6, 6.07) is 21.2. The van der Waals surface area contributed by atoms with Crippen molar-refractivity contribution in [2.45, 2.75) is 6.54 Å². The third-order valence-electron chi connectivity index (χ3n) is 6.75. The zero-order valence-electron chi connectivity index (χ0n) is 20.6. The molecule has 2 aliphatic rings. The number of piperazine rings is 1.